The number of hydrogen-bond donors (Lipinski definition) is 4. The highest BCUT2D eigenvalue weighted by atomic mass is 35.5. The predicted molar refractivity (Wildman–Crippen MR) is 96.0 cm³/mol. The molecule has 0 radical (unpaired) electrons. The number of nitrogens with two attached hydrogens (primary N) is 2. The first-order chi connectivity index (χ1) is 11.5. The summed E-state index contributed by atoms with van der Waals surface area (Å²) in [6.45, 7) is 3.88. The first kappa shape index (κ1) is 16.4. The summed E-state index contributed by atoms with van der Waals surface area (Å²) in [5.74, 6) is -0.238. The number of likely N-dealkylation sites (N-methyl/N-ethyl adjacent to an activating group) is 1. The summed E-state index contributed by atoms with van der Waals surface area (Å²) in [5.41, 5.74) is 12.8. The molecule has 1 amide bonds. The van der Waals surface area contributed by atoms with Crippen LogP contribution in [0.2, 0.25) is 5.02 Å². The monoisotopic (exact) mass is 349 g/mol. The number of anilines is 4. The number of primary amides is 1. The number of benzene rings is 1. The van der Waals surface area contributed by atoms with Crippen molar-refractivity contribution in [2.45, 2.75) is 0 Å². The van der Waals surface area contributed by atoms with Crippen molar-refractivity contribution >= 4 is 40.5 Å². The number of aromatic amines is 1. The molecule has 3 rings (SSSR count). The Kier molecular flexibility index (Phi) is 4.50. The van der Waals surface area contributed by atoms with Crippen LogP contribution in [-0.2, 0) is 0 Å². The normalized spacial score (nSPS) is 15.5. The van der Waals surface area contributed by atoms with Crippen LogP contribution in [0.25, 0.3) is 0 Å². The minimum absolute atomic E-state index is 0.130. The van der Waals surface area contributed by atoms with Crippen molar-refractivity contribution in [3.05, 3.63) is 28.8 Å². The third-order valence-corrected chi connectivity index (χ3v) is 4.40. The molecular formula is C15H20ClN7O. The van der Waals surface area contributed by atoms with Gasteiger partial charge in [0.25, 0.3) is 5.91 Å². The highest BCUT2D eigenvalue weighted by Gasteiger charge is 2.19. The van der Waals surface area contributed by atoms with Gasteiger partial charge < -0.3 is 26.6 Å². The molecule has 128 valence electrons. The van der Waals surface area contributed by atoms with Crippen molar-refractivity contribution < 1.29 is 4.79 Å². The SMILES string of the molecule is CN1CCN(c2ccc(Nc3n[nH]c(N)c3C(N)=O)cc2Cl)CC1. The van der Waals surface area contributed by atoms with Crippen molar-refractivity contribution in [1.29, 1.82) is 0 Å². The highest BCUT2D eigenvalue weighted by Crippen LogP contribution is 2.31. The van der Waals surface area contributed by atoms with Gasteiger partial charge in [0.05, 0.1) is 10.7 Å². The summed E-state index contributed by atoms with van der Waals surface area (Å²) in [6.07, 6.45) is 0. The molecule has 0 bridgehead atoms. The molecule has 1 saturated heterocycles. The standard InChI is InChI=1S/C15H20ClN7O/c1-22-4-6-23(7-5-22)11-3-2-9(8-10(11)16)19-15-12(14(18)24)13(17)20-21-15/h2-3,8H,4-7H2,1H3,(H2,18,24)(H4,17,19,20,21). The van der Waals surface area contributed by atoms with E-state index in [1.54, 1.807) is 6.07 Å². The Morgan fingerprint density at radius 1 is 1.33 bits per heavy atom. The van der Waals surface area contributed by atoms with Gasteiger partial charge in [0.2, 0.25) is 0 Å². The first-order valence-electron chi connectivity index (χ1n) is 7.59. The smallest absolute Gasteiger partial charge is 0.256 e. The highest BCUT2D eigenvalue weighted by molar-refractivity contribution is 6.33. The van der Waals surface area contributed by atoms with Crippen molar-refractivity contribution in [3.63, 3.8) is 0 Å². The Morgan fingerprint density at radius 3 is 2.67 bits per heavy atom. The Hall–Kier alpha value is -2.45. The summed E-state index contributed by atoms with van der Waals surface area (Å²) < 4.78 is 0. The largest absolute Gasteiger partial charge is 0.383 e. The average Bonchev–Trinajstić information content (AvgIpc) is 2.89. The maximum atomic E-state index is 11.5. The van der Waals surface area contributed by atoms with Crippen LogP contribution in [0.3, 0.4) is 0 Å². The number of halogens is 1. The van der Waals surface area contributed by atoms with Gasteiger partial charge >= 0.3 is 0 Å². The zero-order valence-electron chi connectivity index (χ0n) is 13.3. The number of nitrogens with zero attached hydrogens (tertiary/aromatic N) is 3. The third kappa shape index (κ3) is 3.24. The fourth-order valence-electron chi connectivity index (χ4n) is 2.72. The van der Waals surface area contributed by atoms with Gasteiger partial charge in [-0.25, -0.2) is 0 Å². The van der Waals surface area contributed by atoms with E-state index in [9.17, 15) is 4.79 Å². The Morgan fingerprint density at radius 2 is 2.04 bits per heavy atom. The minimum Gasteiger partial charge on any atom is -0.383 e. The summed E-state index contributed by atoms with van der Waals surface area (Å²) in [4.78, 5) is 16.0. The lowest BCUT2D eigenvalue weighted by Crippen LogP contribution is -2.44. The molecule has 0 aliphatic carbocycles. The predicted octanol–water partition coefficient (Wildman–Crippen LogP) is 1.24. The van der Waals surface area contributed by atoms with Crippen LogP contribution in [0.5, 0.6) is 0 Å². The Balaban J connectivity index is 1.79. The first-order valence-corrected chi connectivity index (χ1v) is 7.97. The van der Waals surface area contributed by atoms with E-state index in [1.807, 2.05) is 12.1 Å². The molecule has 2 heterocycles. The van der Waals surface area contributed by atoms with Gasteiger partial charge in [-0.15, -0.1) is 0 Å². The molecule has 2 aromatic rings. The minimum atomic E-state index is -0.649. The van der Waals surface area contributed by atoms with Crippen LogP contribution < -0.4 is 21.7 Å². The molecule has 0 saturated carbocycles. The number of aromatic nitrogens is 2. The second-order valence-corrected chi connectivity index (χ2v) is 6.21. The molecule has 1 aliphatic heterocycles. The van der Waals surface area contributed by atoms with Gasteiger partial charge in [0.1, 0.15) is 11.4 Å². The summed E-state index contributed by atoms with van der Waals surface area (Å²) in [6, 6.07) is 5.63. The Labute approximate surface area is 144 Å². The van der Waals surface area contributed by atoms with Crippen LogP contribution >= 0.6 is 11.6 Å². The van der Waals surface area contributed by atoms with Crippen molar-refractivity contribution in [2.24, 2.45) is 5.73 Å². The summed E-state index contributed by atoms with van der Waals surface area (Å²) >= 11 is 6.43. The molecule has 1 aromatic heterocycles. The molecule has 6 N–H and O–H groups in total. The van der Waals surface area contributed by atoms with Gasteiger partial charge in [0.15, 0.2) is 5.82 Å². The van der Waals surface area contributed by atoms with E-state index in [0.29, 0.717) is 10.7 Å². The maximum Gasteiger partial charge on any atom is 0.256 e. The third-order valence-electron chi connectivity index (χ3n) is 4.10. The van der Waals surface area contributed by atoms with Crippen LogP contribution in [0.15, 0.2) is 18.2 Å². The fraction of sp³-hybridized carbons (Fsp3) is 0.333. The van der Waals surface area contributed by atoms with Crippen molar-refractivity contribution in [2.75, 3.05) is 49.2 Å². The molecule has 1 aromatic carbocycles. The van der Waals surface area contributed by atoms with Gasteiger partial charge in [-0.05, 0) is 25.2 Å². The van der Waals surface area contributed by atoms with Crippen LogP contribution in [-0.4, -0.2) is 54.2 Å². The van der Waals surface area contributed by atoms with E-state index in [0.717, 1.165) is 31.9 Å². The molecule has 24 heavy (non-hydrogen) atoms. The number of amides is 1. The lowest BCUT2D eigenvalue weighted by atomic mass is 10.2. The molecule has 0 spiro atoms. The zero-order valence-corrected chi connectivity index (χ0v) is 14.1. The molecular weight excluding hydrogens is 330 g/mol. The lowest BCUT2D eigenvalue weighted by Gasteiger charge is -2.34. The van der Waals surface area contributed by atoms with E-state index in [2.05, 4.69) is 32.4 Å². The van der Waals surface area contributed by atoms with E-state index < -0.39 is 5.91 Å². The molecule has 0 atom stereocenters. The number of carbonyl (C=O) groups is 1. The molecule has 1 aliphatic rings. The van der Waals surface area contributed by atoms with Crippen LogP contribution in [0, 0.1) is 0 Å². The maximum absolute atomic E-state index is 11.5. The molecule has 1 fully saturated rings. The van der Waals surface area contributed by atoms with Gasteiger partial charge in [-0.2, -0.15) is 5.10 Å². The second-order valence-electron chi connectivity index (χ2n) is 5.81. The topological polar surface area (TPSA) is 116 Å². The van der Waals surface area contributed by atoms with Crippen LogP contribution in [0.4, 0.5) is 23.0 Å². The molecule has 8 nitrogen and oxygen atoms in total. The fourth-order valence-corrected chi connectivity index (χ4v) is 3.02. The summed E-state index contributed by atoms with van der Waals surface area (Å²) in [5, 5.41) is 10.2. The van der Waals surface area contributed by atoms with E-state index in [1.165, 1.54) is 0 Å². The van der Waals surface area contributed by atoms with Crippen LogP contribution in [0.1, 0.15) is 10.4 Å². The molecule has 0 unspecified atom stereocenters. The number of piperazine rings is 1. The lowest BCUT2D eigenvalue weighted by molar-refractivity contribution is 0.100. The summed E-state index contributed by atoms with van der Waals surface area (Å²) in [7, 11) is 2.11. The number of H-pyrrole nitrogens is 1. The van der Waals surface area contributed by atoms with E-state index >= 15 is 0 Å². The quantitative estimate of drug-likeness (QED) is 0.660. The number of nitrogens with one attached hydrogen (secondary N) is 2. The van der Waals surface area contributed by atoms with E-state index in [-0.39, 0.29) is 17.2 Å². The van der Waals surface area contributed by atoms with Gasteiger partial charge in [-0.1, -0.05) is 11.6 Å². The number of hydrogen-bond acceptors (Lipinski definition) is 6. The van der Waals surface area contributed by atoms with E-state index in [4.69, 9.17) is 23.1 Å². The van der Waals surface area contributed by atoms with Crippen molar-refractivity contribution in [3.8, 4) is 0 Å². The second kappa shape index (κ2) is 6.58. The number of carbonyl (C=O) groups excluding carboxylic acids is 1. The number of nitrogen functional groups attached to an aromatic ring is 1. The number of rotatable bonds is 4. The Bertz CT molecular complexity index is 752. The van der Waals surface area contributed by atoms with Gasteiger partial charge in [0, 0.05) is 31.9 Å². The van der Waals surface area contributed by atoms with Gasteiger partial charge in [-0.3, -0.25) is 9.89 Å². The van der Waals surface area contributed by atoms with Crippen molar-refractivity contribution in [1.82, 2.24) is 15.1 Å². The average molecular weight is 350 g/mol. The molecule has 9 heteroatoms. The zero-order chi connectivity index (χ0) is 17.3.